The minimum atomic E-state index is -0.772. The lowest BCUT2D eigenvalue weighted by Crippen LogP contribution is -2.30. The molecule has 76 heavy (non-hydrogen) atoms. The van der Waals surface area contributed by atoms with Crippen molar-refractivity contribution in [3.8, 4) is 0 Å². The largest absolute Gasteiger partial charge is 0.462 e. The van der Waals surface area contributed by atoms with E-state index in [1.165, 1.54) is 218 Å². The van der Waals surface area contributed by atoms with Crippen LogP contribution in [0.15, 0.2) is 60.8 Å². The van der Waals surface area contributed by atoms with Crippen LogP contribution in [0.2, 0.25) is 0 Å². The average molecular weight is 1060 g/mol. The number of unbranched alkanes of at least 4 members (excludes halogenated alkanes) is 40. The molecule has 0 aromatic heterocycles. The molecule has 0 amide bonds. The maximum absolute atomic E-state index is 12.8. The van der Waals surface area contributed by atoms with Gasteiger partial charge in [-0.2, -0.15) is 0 Å². The van der Waals surface area contributed by atoms with Gasteiger partial charge in [0.05, 0.1) is 0 Å². The molecule has 1 atom stereocenters. The average Bonchev–Trinajstić information content (AvgIpc) is 3.42. The summed E-state index contributed by atoms with van der Waals surface area (Å²) in [5, 5.41) is 0. The molecule has 0 heterocycles. The molecule has 442 valence electrons. The van der Waals surface area contributed by atoms with E-state index in [4.69, 9.17) is 14.2 Å². The Labute approximate surface area is 472 Å². The van der Waals surface area contributed by atoms with Crippen LogP contribution >= 0.6 is 0 Å². The predicted molar refractivity (Wildman–Crippen MR) is 330 cm³/mol. The number of hydrogen-bond acceptors (Lipinski definition) is 6. The van der Waals surface area contributed by atoms with Gasteiger partial charge in [-0.05, 0) is 83.5 Å². The van der Waals surface area contributed by atoms with Gasteiger partial charge in [-0.15, -0.1) is 0 Å². The van der Waals surface area contributed by atoms with Crippen molar-refractivity contribution in [3.63, 3.8) is 0 Å². The highest BCUT2D eigenvalue weighted by Gasteiger charge is 2.19. The number of ether oxygens (including phenoxy) is 3. The molecule has 0 aliphatic rings. The zero-order valence-corrected chi connectivity index (χ0v) is 50.8. The quantitative estimate of drug-likeness (QED) is 0.0261. The summed E-state index contributed by atoms with van der Waals surface area (Å²) in [6.07, 6.45) is 82.8. The highest BCUT2D eigenvalue weighted by atomic mass is 16.6. The third-order valence-electron chi connectivity index (χ3n) is 14.8. The van der Waals surface area contributed by atoms with Crippen molar-refractivity contribution in [1.82, 2.24) is 0 Å². The van der Waals surface area contributed by atoms with Gasteiger partial charge in [-0.1, -0.05) is 306 Å². The zero-order chi connectivity index (χ0) is 55.0. The van der Waals surface area contributed by atoms with Gasteiger partial charge in [0.25, 0.3) is 0 Å². The second-order valence-corrected chi connectivity index (χ2v) is 22.4. The third kappa shape index (κ3) is 62.0. The zero-order valence-electron chi connectivity index (χ0n) is 50.8. The molecule has 6 heteroatoms. The monoisotopic (exact) mass is 1060 g/mol. The van der Waals surface area contributed by atoms with Gasteiger partial charge >= 0.3 is 17.9 Å². The fourth-order valence-electron chi connectivity index (χ4n) is 9.79. The van der Waals surface area contributed by atoms with E-state index in [-0.39, 0.29) is 31.1 Å². The minimum Gasteiger partial charge on any atom is -0.462 e. The van der Waals surface area contributed by atoms with Crippen LogP contribution in [0.1, 0.15) is 348 Å². The highest BCUT2D eigenvalue weighted by molar-refractivity contribution is 5.71. The van der Waals surface area contributed by atoms with Gasteiger partial charge in [0.1, 0.15) is 13.2 Å². The van der Waals surface area contributed by atoms with Gasteiger partial charge in [0, 0.05) is 19.3 Å². The van der Waals surface area contributed by atoms with Crippen LogP contribution < -0.4 is 0 Å². The molecule has 0 bridgehead atoms. The van der Waals surface area contributed by atoms with Crippen molar-refractivity contribution in [2.45, 2.75) is 354 Å². The van der Waals surface area contributed by atoms with E-state index >= 15 is 0 Å². The first kappa shape index (κ1) is 73.1. The Hall–Kier alpha value is -2.89. The van der Waals surface area contributed by atoms with E-state index in [0.29, 0.717) is 19.3 Å². The van der Waals surface area contributed by atoms with E-state index in [0.717, 1.165) is 89.9 Å². The number of allylic oxidation sites excluding steroid dienone is 10. The van der Waals surface area contributed by atoms with Gasteiger partial charge in [0.15, 0.2) is 6.10 Å². The standard InChI is InChI=1S/C70H126O6/c1-4-7-10-13-16-18-20-22-24-26-27-28-29-30-31-32-33-34-35-36-37-38-39-40-41-42-43-44-46-47-49-51-54-57-60-63-69(72)75-66-67(65-74-68(71)62-59-56-53-15-12-9-6-3)76-70(73)64-61-58-55-52-50-48-45-25-23-21-19-17-14-11-8-5-2/h7,10,16,18,22,24-25,27-28,45,67H,4-6,8-9,11-15,17,19-21,23,26,29-44,46-66H2,1-3H3/b10-7-,18-16-,24-22-,28-27-,45-25-. The lowest BCUT2D eigenvalue weighted by Gasteiger charge is -2.18. The molecule has 0 saturated carbocycles. The second-order valence-electron chi connectivity index (χ2n) is 22.4. The Morgan fingerprint density at radius 3 is 0.816 bits per heavy atom. The maximum atomic E-state index is 12.8. The molecular formula is C70H126O6. The Bertz CT molecular complexity index is 1360. The summed E-state index contributed by atoms with van der Waals surface area (Å²) >= 11 is 0. The number of esters is 3. The van der Waals surface area contributed by atoms with Crippen LogP contribution in [-0.4, -0.2) is 37.2 Å². The molecule has 0 aromatic carbocycles. The highest BCUT2D eigenvalue weighted by Crippen LogP contribution is 2.18. The summed E-state index contributed by atoms with van der Waals surface area (Å²) in [6, 6.07) is 0. The molecule has 1 unspecified atom stereocenters. The number of carbonyl (C=O) groups excluding carboxylic acids is 3. The summed E-state index contributed by atoms with van der Waals surface area (Å²) in [6.45, 7) is 6.52. The van der Waals surface area contributed by atoms with Gasteiger partial charge < -0.3 is 14.2 Å². The Balaban J connectivity index is 3.94. The van der Waals surface area contributed by atoms with Crippen LogP contribution in [0.4, 0.5) is 0 Å². The third-order valence-corrected chi connectivity index (χ3v) is 14.8. The van der Waals surface area contributed by atoms with E-state index in [1.54, 1.807) is 0 Å². The first-order valence-electron chi connectivity index (χ1n) is 33.3. The topological polar surface area (TPSA) is 78.9 Å². The van der Waals surface area contributed by atoms with Crippen molar-refractivity contribution in [3.05, 3.63) is 60.8 Å². The van der Waals surface area contributed by atoms with E-state index in [2.05, 4.69) is 81.5 Å². The summed E-state index contributed by atoms with van der Waals surface area (Å²) in [4.78, 5) is 38.0. The second kappa shape index (κ2) is 64.6. The molecule has 0 aliphatic heterocycles. The molecule has 6 nitrogen and oxygen atoms in total. The van der Waals surface area contributed by atoms with E-state index < -0.39 is 6.10 Å². The van der Waals surface area contributed by atoms with Crippen molar-refractivity contribution < 1.29 is 28.6 Å². The van der Waals surface area contributed by atoms with Crippen LogP contribution in [0.3, 0.4) is 0 Å². The molecule has 0 fully saturated rings. The molecule has 0 radical (unpaired) electrons. The maximum Gasteiger partial charge on any atom is 0.306 e. The smallest absolute Gasteiger partial charge is 0.306 e. The van der Waals surface area contributed by atoms with E-state index in [1.807, 2.05) is 0 Å². The summed E-state index contributed by atoms with van der Waals surface area (Å²) in [5.74, 6) is -0.868. The fraction of sp³-hybridized carbons (Fsp3) is 0.814. The van der Waals surface area contributed by atoms with Gasteiger partial charge in [0.2, 0.25) is 0 Å². The molecule has 0 spiro atoms. The normalized spacial score (nSPS) is 12.4. The first-order chi connectivity index (χ1) is 37.5. The van der Waals surface area contributed by atoms with E-state index in [9.17, 15) is 14.4 Å². The van der Waals surface area contributed by atoms with Crippen molar-refractivity contribution in [2.75, 3.05) is 13.2 Å². The lowest BCUT2D eigenvalue weighted by molar-refractivity contribution is -0.167. The van der Waals surface area contributed by atoms with Crippen molar-refractivity contribution >= 4 is 17.9 Å². The van der Waals surface area contributed by atoms with Crippen LogP contribution in [0.25, 0.3) is 0 Å². The van der Waals surface area contributed by atoms with Gasteiger partial charge in [-0.3, -0.25) is 14.4 Å². The SMILES string of the molecule is CC/C=C\C/C=C\C/C=C\C/C=C\CCCCCCCCCCCCCCCCCCCCCCCCC(=O)OCC(COC(=O)CCCCCCCCC)OC(=O)CCCCCCC/C=C\CCCCCCCCC. The van der Waals surface area contributed by atoms with Crippen LogP contribution in [0, 0.1) is 0 Å². The molecule has 0 rings (SSSR count). The minimum absolute atomic E-state index is 0.0718. The Morgan fingerprint density at radius 1 is 0.276 bits per heavy atom. The van der Waals surface area contributed by atoms with Gasteiger partial charge in [-0.25, -0.2) is 0 Å². The molecule has 0 saturated heterocycles. The fourth-order valence-corrected chi connectivity index (χ4v) is 9.79. The molecule has 0 aliphatic carbocycles. The molecule has 0 N–H and O–H groups in total. The summed E-state index contributed by atoms with van der Waals surface area (Å²) in [7, 11) is 0. The Morgan fingerprint density at radius 2 is 0.513 bits per heavy atom. The molecule has 0 aromatic rings. The van der Waals surface area contributed by atoms with Crippen molar-refractivity contribution in [2.24, 2.45) is 0 Å². The Kier molecular flexibility index (Phi) is 62.2. The lowest BCUT2D eigenvalue weighted by atomic mass is 10.0. The van der Waals surface area contributed by atoms with Crippen molar-refractivity contribution in [1.29, 1.82) is 0 Å². The number of carbonyl (C=O) groups is 3. The molecular weight excluding hydrogens is 937 g/mol. The number of rotatable bonds is 61. The predicted octanol–water partition coefficient (Wildman–Crippen LogP) is 22.7. The summed E-state index contributed by atoms with van der Waals surface area (Å²) in [5.41, 5.74) is 0. The van der Waals surface area contributed by atoms with Crippen LogP contribution in [0.5, 0.6) is 0 Å². The number of hydrogen-bond donors (Lipinski definition) is 0. The van der Waals surface area contributed by atoms with Crippen LogP contribution in [-0.2, 0) is 28.6 Å². The first-order valence-corrected chi connectivity index (χ1v) is 33.3. The summed E-state index contributed by atoms with van der Waals surface area (Å²) < 4.78 is 16.8.